The van der Waals surface area contributed by atoms with E-state index in [1.165, 1.54) is 12.0 Å². The fourth-order valence-corrected chi connectivity index (χ4v) is 1.42. The molecule has 13 heavy (non-hydrogen) atoms. The van der Waals surface area contributed by atoms with E-state index >= 15 is 0 Å². The van der Waals surface area contributed by atoms with Crippen LogP contribution in [0.5, 0.6) is 0 Å². The van der Waals surface area contributed by atoms with Crippen molar-refractivity contribution in [3.05, 3.63) is 23.8 Å². The fraction of sp³-hybridized carbons (Fsp3) is 0.667. The largest absolute Gasteiger partial charge is 0.390 e. The van der Waals surface area contributed by atoms with Crippen LogP contribution in [0.15, 0.2) is 23.8 Å². The molecule has 0 bridgehead atoms. The lowest BCUT2D eigenvalue weighted by atomic mass is 9.86. The molecule has 0 fully saturated rings. The highest BCUT2D eigenvalue weighted by molar-refractivity contribution is 5.22. The van der Waals surface area contributed by atoms with Gasteiger partial charge in [0.25, 0.3) is 0 Å². The van der Waals surface area contributed by atoms with Gasteiger partial charge in [0.1, 0.15) is 0 Å². The van der Waals surface area contributed by atoms with Crippen LogP contribution in [-0.4, -0.2) is 10.7 Å². The molecule has 1 aliphatic rings. The maximum Gasteiger partial charge on any atom is 0.0620 e. The van der Waals surface area contributed by atoms with Crippen molar-refractivity contribution in [2.24, 2.45) is 5.92 Å². The SMILES string of the molecule is CC(CC1=CCCC=C1)C(C)(C)O. The molecule has 0 aromatic heterocycles. The van der Waals surface area contributed by atoms with E-state index in [1.807, 2.05) is 13.8 Å². The Hall–Kier alpha value is -0.560. The minimum absolute atomic E-state index is 0.321. The average Bonchev–Trinajstić information content (AvgIpc) is 2.04. The fourth-order valence-electron chi connectivity index (χ4n) is 1.42. The van der Waals surface area contributed by atoms with Crippen LogP contribution in [0.4, 0.5) is 0 Å². The molecule has 1 atom stereocenters. The first-order chi connectivity index (χ1) is 6.00. The van der Waals surface area contributed by atoms with Gasteiger partial charge in [-0.2, -0.15) is 0 Å². The Kier molecular flexibility index (Phi) is 3.32. The second-order valence-electron chi connectivity index (χ2n) is 4.52. The van der Waals surface area contributed by atoms with Crippen molar-refractivity contribution < 1.29 is 5.11 Å². The molecule has 1 unspecified atom stereocenters. The quantitative estimate of drug-likeness (QED) is 0.707. The molecule has 0 amide bonds. The van der Waals surface area contributed by atoms with Gasteiger partial charge in [0, 0.05) is 0 Å². The van der Waals surface area contributed by atoms with Crippen molar-refractivity contribution in [2.75, 3.05) is 0 Å². The predicted octanol–water partition coefficient (Wildman–Crippen LogP) is 3.06. The van der Waals surface area contributed by atoms with Crippen molar-refractivity contribution in [1.82, 2.24) is 0 Å². The molecule has 1 aliphatic carbocycles. The van der Waals surface area contributed by atoms with Crippen molar-refractivity contribution in [3.8, 4) is 0 Å². The Morgan fingerprint density at radius 3 is 2.62 bits per heavy atom. The third-order valence-electron chi connectivity index (χ3n) is 2.82. The average molecular weight is 180 g/mol. The van der Waals surface area contributed by atoms with E-state index in [0.717, 1.165) is 12.8 Å². The molecule has 1 rings (SSSR count). The van der Waals surface area contributed by atoms with Crippen LogP contribution in [0.2, 0.25) is 0 Å². The molecule has 1 N–H and O–H groups in total. The zero-order valence-corrected chi connectivity index (χ0v) is 8.88. The molecular formula is C12H20O. The minimum atomic E-state index is -0.563. The molecule has 0 radical (unpaired) electrons. The van der Waals surface area contributed by atoms with Crippen LogP contribution in [0.1, 0.15) is 40.0 Å². The predicted molar refractivity (Wildman–Crippen MR) is 56.5 cm³/mol. The smallest absolute Gasteiger partial charge is 0.0620 e. The van der Waals surface area contributed by atoms with Gasteiger partial charge in [-0.15, -0.1) is 0 Å². The van der Waals surface area contributed by atoms with Crippen LogP contribution >= 0.6 is 0 Å². The summed E-state index contributed by atoms with van der Waals surface area (Å²) in [6.45, 7) is 5.86. The first kappa shape index (κ1) is 10.5. The zero-order chi connectivity index (χ0) is 9.90. The Morgan fingerprint density at radius 2 is 2.15 bits per heavy atom. The molecule has 1 nitrogen and oxygen atoms in total. The summed E-state index contributed by atoms with van der Waals surface area (Å²) in [5, 5.41) is 9.77. The van der Waals surface area contributed by atoms with E-state index in [2.05, 4.69) is 25.2 Å². The second kappa shape index (κ2) is 4.10. The van der Waals surface area contributed by atoms with Crippen molar-refractivity contribution in [2.45, 2.75) is 45.6 Å². The van der Waals surface area contributed by atoms with Gasteiger partial charge in [-0.1, -0.05) is 30.7 Å². The summed E-state index contributed by atoms with van der Waals surface area (Å²) in [5.41, 5.74) is 0.812. The third kappa shape index (κ3) is 3.35. The summed E-state index contributed by atoms with van der Waals surface area (Å²) in [6, 6.07) is 0. The molecule has 0 aliphatic heterocycles. The van der Waals surface area contributed by atoms with E-state index in [0.29, 0.717) is 5.92 Å². The molecule has 74 valence electrons. The molecule has 0 heterocycles. The first-order valence-corrected chi connectivity index (χ1v) is 5.08. The highest BCUT2D eigenvalue weighted by Crippen LogP contribution is 2.25. The zero-order valence-electron chi connectivity index (χ0n) is 8.88. The van der Waals surface area contributed by atoms with E-state index in [4.69, 9.17) is 0 Å². The van der Waals surface area contributed by atoms with E-state index in [1.54, 1.807) is 0 Å². The van der Waals surface area contributed by atoms with E-state index in [-0.39, 0.29) is 0 Å². The highest BCUT2D eigenvalue weighted by Gasteiger charge is 2.22. The van der Waals surface area contributed by atoms with Gasteiger partial charge in [0.2, 0.25) is 0 Å². The number of rotatable bonds is 3. The molecule has 0 saturated carbocycles. The Morgan fingerprint density at radius 1 is 1.46 bits per heavy atom. The van der Waals surface area contributed by atoms with Gasteiger partial charge in [0.05, 0.1) is 5.60 Å². The van der Waals surface area contributed by atoms with Crippen LogP contribution in [0.25, 0.3) is 0 Å². The normalized spacial score (nSPS) is 19.8. The first-order valence-electron chi connectivity index (χ1n) is 5.08. The summed E-state index contributed by atoms with van der Waals surface area (Å²) in [4.78, 5) is 0. The lowest BCUT2D eigenvalue weighted by molar-refractivity contribution is 0.0253. The lowest BCUT2D eigenvalue weighted by Crippen LogP contribution is -2.28. The summed E-state index contributed by atoms with van der Waals surface area (Å²) in [6.07, 6.45) is 9.99. The standard InChI is InChI=1S/C12H20O/c1-10(12(2,3)13)9-11-7-5-4-6-8-11/h5,7-8,10,13H,4,6,9H2,1-3H3. The van der Waals surface area contributed by atoms with E-state index in [9.17, 15) is 5.11 Å². The van der Waals surface area contributed by atoms with E-state index < -0.39 is 5.60 Å². The lowest BCUT2D eigenvalue weighted by Gasteiger charge is -2.26. The number of aliphatic hydroxyl groups is 1. The van der Waals surface area contributed by atoms with Crippen LogP contribution in [0, 0.1) is 5.92 Å². The third-order valence-corrected chi connectivity index (χ3v) is 2.82. The molecular weight excluding hydrogens is 160 g/mol. The summed E-state index contributed by atoms with van der Waals surface area (Å²) in [7, 11) is 0. The van der Waals surface area contributed by atoms with Crippen molar-refractivity contribution in [3.63, 3.8) is 0 Å². The van der Waals surface area contributed by atoms with Gasteiger partial charge in [-0.25, -0.2) is 0 Å². The molecule has 0 saturated heterocycles. The van der Waals surface area contributed by atoms with Crippen molar-refractivity contribution >= 4 is 0 Å². The highest BCUT2D eigenvalue weighted by atomic mass is 16.3. The van der Waals surface area contributed by atoms with Gasteiger partial charge in [-0.3, -0.25) is 0 Å². The number of hydrogen-bond donors (Lipinski definition) is 1. The minimum Gasteiger partial charge on any atom is -0.390 e. The van der Waals surface area contributed by atoms with Crippen molar-refractivity contribution in [1.29, 1.82) is 0 Å². The second-order valence-corrected chi connectivity index (χ2v) is 4.52. The van der Waals surface area contributed by atoms with Crippen LogP contribution in [0.3, 0.4) is 0 Å². The summed E-state index contributed by atoms with van der Waals surface area (Å²) < 4.78 is 0. The Balaban J connectivity index is 2.49. The molecule has 0 spiro atoms. The Labute approximate surface area is 81.2 Å². The summed E-state index contributed by atoms with van der Waals surface area (Å²) in [5.74, 6) is 0.321. The molecule has 0 aromatic rings. The van der Waals surface area contributed by atoms with Gasteiger partial charge in [-0.05, 0) is 39.0 Å². The molecule has 1 heteroatoms. The monoisotopic (exact) mass is 180 g/mol. The summed E-state index contributed by atoms with van der Waals surface area (Å²) >= 11 is 0. The van der Waals surface area contributed by atoms with Gasteiger partial charge < -0.3 is 5.11 Å². The van der Waals surface area contributed by atoms with Gasteiger partial charge >= 0.3 is 0 Å². The maximum atomic E-state index is 9.77. The topological polar surface area (TPSA) is 20.2 Å². The number of hydrogen-bond acceptors (Lipinski definition) is 1. The van der Waals surface area contributed by atoms with Crippen LogP contribution in [-0.2, 0) is 0 Å². The van der Waals surface area contributed by atoms with Crippen LogP contribution < -0.4 is 0 Å². The number of allylic oxidation sites excluding steroid dienone is 4. The van der Waals surface area contributed by atoms with Gasteiger partial charge in [0.15, 0.2) is 0 Å². The maximum absolute atomic E-state index is 9.77. The Bertz CT molecular complexity index is 218. The molecule has 0 aromatic carbocycles.